The minimum Gasteiger partial charge on any atom is -0.471 e. The van der Waals surface area contributed by atoms with Crippen LogP contribution in [-0.4, -0.2) is 58.7 Å². The van der Waals surface area contributed by atoms with Crippen molar-refractivity contribution in [2.24, 2.45) is 15.9 Å². The molecule has 2 aromatic rings. The first-order chi connectivity index (χ1) is 16.3. The highest BCUT2D eigenvalue weighted by Gasteiger charge is 2.32. The first-order valence-electron chi connectivity index (χ1n) is 11.1. The average molecular weight is 477 g/mol. The number of aromatic nitrogens is 2. The van der Waals surface area contributed by atoms with E-state index < -0.39 is 11.9 Å². The number of hydrogen-bond donors (Lipinski definition) is 1. The fourth-order valence-corrected chi connectivity index (χ4v) is 4.09. The molecule has 0 radical (unpaired) electrons. The van der Waals surface area contributed by atoms with Crippen LogP contribution in [0.5, 0.6) is 5.88 Å². The highest BCUT2D eigenvalue weighted by molar-refractivity contribution is 6.42. The first-order valence-corrected chi connectivity index (χ1v) is 11.1. The van der Waals surface area contributed by atoms with Gasteiger partial charge in [0.05, 0.1) is 17.6 Å². The van der Waals surface area contributed by atoms with Crippen LogP contribution in [0, 0.1) is 0 Å². The number of aliphatic imine (C=N–C) groups is 1. The Kier molecular flexibility index (Phi) is 7.42. The third kappa shape index (κ3) is 5.89. The summed E-state index contributed by atoms with van der Waals surface area (Å²) >= 11 is 0. The van der Waals surface area contributed by atoms with Gasteiger partial charge in [-0.05, 0) is 49.4 Å². The Hall–Kier alpha value is -3.05. The van der Waals surface area contributed by atoms with Crippen molar-refractivity contribution < 1.29 is 22.6 Å². The number of rotatable bonds is 6. The van der Waals surface area contributed by atoms with E-state index in [-0.39, 0.29) is 12.3 Å². The summed E-state index contributed by atoms with van der Waals surface area (Å²) in [6.07, 6.45) is 1.41. The van der Waals surface area contributed by atoms with E-state index in [0.717, 1.165) is 57.8 Å². The van der Waals surface area contributed by atoms with Crippen molar-refractivity contribution in [1.82, 2.24) is 14.9 Å². The van der Waals surface area contributed by atoms with E-state index in [4.69, 9.17) is 15.3 Å². The topological polar surface area (TPSA) is 98.2 Å². The number of halogens is 3. The molecule has 2 aliphatic heterocycles. The Morgan fingerprint density at radius 1 is 1.21 bits per heavy atom. The molecule has 182 valence electrons. The minimum absolute atomic E-state index is 0.00748. The number of fused-ring (bicyclic) bond motifs is 1. The fraction of sp³-hybridized carbons (Fsp3) is 0.478. The quantitative estimate of drug-likeness (QED) is 0.389. The van der Waals surface area contributed by atoms with Crippen LogP contribution < -0.4 is 10.6 Å². The zero-order chi connectivity index (χ0) is 24.1. The van der Waals surface area contributed by atoms with Crippen LogP contribution in [-0.2, 0) is 23.9 Å². The summed E-state index contributed by atoms with van der Waals surface area (Å²) in [4.78, 5) is 14.7. The lowest BCUT2D eigenvalue weighted by Crippen LogP contribution is -2.42. The maximum Gasteiger partial charge on any atom is 0.433 e. The van der Waals surface area contributed by atoms with Gasteiger partial charge in [0.15, 0.2) is 0 Å². The molecule has 1 saturated heterocycles. The van der Waals surface area contributed by atoms with Gasteiger partial charge in [0.1, 0.15) is 18.0 Å². The predicted molar refractivity (Wildman–Crippen MR) is 121 cm³/mol. The normalized spacial score (nSPS) is 18.6. The lowest BCUT2D eigenvalue weighted by atomic mass is 9.98. The third-order valence-corrected chi connectivity index (χ3v) is 6.08. The maximum absolute atomic E-state index is 12.7. The lowest BCUT2D eigenvalue weighted by Gasteiger charge is -2.37. The molecule has 2 aromatic heterocycles. The number of hydrazone groups is 1. The average Bonchev–Trinajstić information content (AvgIpc) is 2.86. The molecule has 34 heavy (non-hydrogen) atoms. The molecule has 0 unspecified atom stereocenters. The Morgan fingerprint density at radius 2 is 2.00 bits per heavy atom. The zero-order valence-corrected chi connectivity index (χ0v) is 18.9. The summed E-state index contributed by atoms with van der Waals surface area (Å²) in [5.41, 5.74) is 2.40. The smallest absolute Gasteiger partial charge is 0.433 e. The Morgan fingerprint density at radius 3 is 2.68 bits per heavy atom. The molecule has 4 heterocycles. The Balaban J connectivity index is 1.43. The Bertz CT molecular complexity index is 1050. The van der Waals surface area contributed by atoms with Crippen molar-refractivity contribution in [3.63, 3.8) is 0 Å². The number of alkyl halides is 3. The van der Waals surface area contributed by atoms with Crippen molar-refractivity contribution >= 4 is 17.1 Å². The second-order valence-electron chi connectivity index (χ2n) is 8.32. The highest BCUT2D eigenvalue weighted by Crippen LogP contribution is 2.29. The highest BCUT2D eigenvalue weighted by atomic mass is 19.4. The van der Waals surface area contributed by atoms with Crippen LogP contribution in [0.3, 0.4) is 0 Å². The van der Waals surface area contributed by atoms with Gasteiger partial charge in [-0.3, -0.25) is 4.90 Å². The van der Waals surface area contributed by atoms with Crippen molar-refractivity contribution in [2.75, 3.05) is 26.4 Å². The summed E-state index contributed by atoms with van der Waals surface area (Å²) in [5.74, 6) is 5.85. The summed E-state index contributed by atoms with van der Waals surface area (Å²) in [6, 6.07) is 4.60. The van der Waals surface area contributed by atoms with Crippen molar-refractivity contribution in [2.45, 2.75) is 44.9 Å². The SMILES string of the molecule is C/C(=N/N)C(COc1cc2c(cn1)CN(C1CCOCC1)CC2)=Nc1ccc(C(F)(F)F)nc1. The number of hydrogen-bond acceptors (Lipinski definition) is 8. The van der Waals surface area contributed by atoms with Gasteiger partial charge in [-0.2, -0.15) is 18.3 Å². The molecule has 0 aliphatic carbocycles. The van der Waals surface area contributed by atoms with E-state index in [1.807, 2.05) is 12.3 Å². The van der Waals surface area contributed by atoms with Crippen LogP contribution in [0.4, 0.5) is 18.9 Å². The van der Waals surface area contributed by atoms with Gasteiger partial charge in [0, 0.05) is 44.6 Å². The molecule has 11 heteroatoms. The molecule has 1 fully saturated rings. The van der Waals surface area contributed by atoms with Crippen LogP contribution in [0.15, 0.2) is 40.7 Å². The van der Waals surface area contributed by atoms with Gasteiger partial charge in [-0.15, -0.1) is 0 Å². The molecule has 0 spiro atoms. The molecular formula is C23H27F3N6O2. The van der Waals surface area contributed by atoms with E-state index in [9.17, 15) is 13.2 Å². The molecule has 0 amide bonds. The molecule has 0 aromatic carbocycles. The summed E-state index contributed by atoms with van der Waals surface area (Å²) in [6.45, 7) is 5.12. The van der Waals surface area contributed by atoms with Gasteiger partial charge in [-0.1, -0.05) is 0 Å². The van der Waals surface area contributed by atoms with Gasteiger partial charge in [0.25, 0.3) is 0 Å². The minimum atomic E-state index is -4.51. The zero-order valence-electron chi connectivity index (χ0n) is 18.9. The summed E-state index contributed by atoms with van der Waals surface area (Å²) in [7, 11) is 0. The fourth-order valence-electron chi connectivity index (χ4n) is 4.09. The summed E-state index contributed by atoms with van der Waals surface area (Å²) < 4.78 is 49.5. The molecular weight excluding hydrogens is 449 g/mol. The molecule has 0 saturated carbocycles. The molecule has 4 rings (SSSR count). The second-order valence-corrected chi connectivity index (χ2v) is 8.32. The molecule has 2 aliphatic rings. The number of nitrogens with zero attached hydrogens (tertiary/aromatic N) is 5. The molecule has 8 nitrogen and oxygen atoms in total. The number of pyridine rings is 2. The number of nitrogens with two attached hydrogens (primary N) is 1. The van der Waals surface area contributed by atoms with Crippen LogP contribution in [0.1, 0.15) is 36.6 Å². The third-order valence-electron chi connectivity index (χ3n) is 6.08. The molecule has 0 atom stereocenters. The second kappa shape index (κ2) is 10.5. The van der Waals surface area contributed by atoms with Crippen molar-refractivity contribution in [3.05, 3.63) is 47.4 Å². The van der Waals surface area contributed by atoms with E-state index in [0.29, 0.717) is 23.3 Å². The van der Waals surface area contributed by atoms with Gasteiger partial charge in [0.2, 0.25) is 5.88 Å². The van der Waals surface area contributed by atoms with E-state index in [1.54, 1.807) is 6.92 Å². The monoisotopic (exact) mass is 476 g/mol. The van der Waals surface area contributed by atoms with E-state index >= 15 is 0 Å². The van der Waals surface area contributed by atoms with Crippen LogP contribution in [0.25, 0.3) is 0 Å². The molecule has 2 N–H and O–H groups in total. The molecule has 0 bridgehead atoms. The van der Waals surface area contributed by atoms with E-state index in [1.165, 1.54) is 17.2 Å². The van der Waals surface area contributed by atoms with Gasteiger partial charge in [-0.25, -0.2) is 15.0 Å². The van der Waals surface area contributed by atoms with Crippen LogP contribution >= 0.6 is 0 Å². The first kappa shape index (κ1) is 24.1. The lowest BCUT2D eigenvalue weighted by molar-refractivity contribution is -0.141. The van der Waals surface area contributed by atoms with Crippen molar-refractivity contribution in [1.29, 1.82) is 0 Å². The maximum atomic E-state index is 12.7. The van der Waals surface area contributed by atoms with Crippen molar-refractivity contribution in [3.8, 4) is 5.88 Å². The largest absolute Gasteiger partial charge is 0.471 e. The van der Waals surface area contributed by atoms with Gasteiger partial charge >= 0.3 is 6.18 Å². The Labute approximate surface area is 195 Å². The van der Waals surface area contributed by atoms with Crippen LogP contribution in [0.2, 0.25) is 0 Å². The van der Waals surface area contributed by atoms with E-state index in [2.05, 4.69) is 25.0 Å². The summed E-state index contributed by atoms with van der Waals surface area (Å²) in [5, 5.41) is 3.65. The van der Waals surface area contributed by atoms with Gasteiger partial charge < -0.3 is 15.3 Å². The number of ether oxygens (including phenoxy) is 2. The standard InChI is InChI=1S/C23H27F3N6O2/c1-15(31-27)20(30-18-2-3-21(28-12-18)23(24,25)26)14-34-22-10-16-4-7-32(13-17(16)11-29-22)19-5-8-33-9-6-19/h2-3,10-12,19H,4-9,13-14,27H2,1H3/b30-20?,31-15-. The predicted octanol–water partition coefficient (Wildman–Crippen LogP) is 3.52.